The van der Waals surface area contributed by atoms with Gasteiger partial charge in [-0.05, 0) is 18.2 Å². The number of aryl methyl sites for hydroxylation is 1. The van der Waals surface area contributed by atoms with Crippen molar-refractivity contribution in [3.8, 4) is 0 Å². The van der Waals surface area contributed by atoms with E-state index in [4.69, 9.17) is 18.0 Å². The van der Waals surface area contributed by atoms with Gasteiger partial charge in [0.15, 0.2) is 0 Å². The molecule has 0 fully saturated rings. The van der Waals surface area contributed by atoms with Crippen LogP contribution in [0.2, 0.25) is 0 Å². The molecule has 1 aromatic carbocycles. The average molecular weight is 191 g/mol. The zero-order valence-corrected chi connectivity index (χ0v) is 8.01. The normalized spacial score (nSPS) is 10.5. The van der Waals surface area contributed by atoms with Gasteiger partial charge >= 0.3 is 0 Å². The Hall–Kier alpha value is -1.42. The molecule has 2 aromatic rings. The van der Waals surface area contributed by atoms with Gasteiger partial charge in [0.1, 0.15) is 4.99 Å². The Morgan fingerprint density at radius 3 is 3.00 bits per heavy atom. The van der Waals surface area contributed by atoms with Gasteiger partial charge in [0, 0.05) is 24.2 Å². The van der Waals surface area contributed by atoms with Crippen molar-refractivity contribution in [2.24, 2.45) is 12.8 Å². The van der Waals surface area contributed by atoms with Crippen molar-refractivity contribution in [3.63, 3.8) is 0 Å². The number of hydrogen-bond donors (Lipinski definition) is 1. The third-order valence-electron chi connectivity index (χ3n) is 1.90. The molecule has 0 spiro atoms. The van der Waals surface area contributed by atoms with Crippen LogP contribution in [0, 0.1) is 0 Å². The molecular formula is C9H9N3S. The minimum absolute atomic E-state index is 0.422. The fourth-order valence-corrected chi connectivity index (χ4v) is 1.43. The van der Waals surface area contributed by atoms with Crippen molar-refractivity contribution < 1.29 is 0 Å². The van der Waals surface area contributed by atoms with Crippen molar-refractivity contribution in [2.45, 2.75) is 0 Å². The molecule has 0 radical (unpaired) electrons. The lowest BCUT2D eigenvalue weighted by Gasteiger charge is -1.95. The minimum atomic E-state index is 0.422. The molecule has 13 heavy (non-hydrogen) atoms. The van der Waals surface area contributed by atoms with E-state index in [1.807, 2.05) is 31.4 Å². The van der Waals surface area contributed by atoms with E-state index >= 15 is 0 Å². The molecular weight excluding hydrogens is 182 g/mol. The van der Waals surface area contributed by atoms with E-state index in [0.29, 0.717) is 4.99 Å². The van der Waals surface area contributed by atoms with Crippen LogP contribution < -0.4 is 5.73 Å². The largest absolute Gasteiger partial charge is 0.389 e. The van der Waals surface area contributed by atoms with Crippen LogP contribution in [-0.2, 0) is 7.05 Å². The Labute approximate surface area is 81.1 Å². The highest BCUT2D eigenvalue weighted by Gasteiger charge is 2.01. The Balaban J connectivity index is 2.67. The van der Waals surface area contributed by atoms with Crippen molar-refractivity contribution in [2.75, 3.05) is 0 Å². The molecule has 0 aliphatic carbocycles. The van der Waals surface area contributed by atoms with Crippen LogP contribution in [0.5, 0.6) is 0 Å². The number of nitrogens with two attached hydrogens (primary N) is 1. The fourth-order valence-electron chi connectivity index (χ4n) is 1.30. The number of nitrogens with zero attached hydrogens (tertiary/aromatic N) is 2. The summed E-state index contributed by atoms with van der Waals surface area (Å²) in [4.78, 5) is 0.422. The van der Waals surface area contributed by atoms with E-state index in [2.05, 4.69) is 5.10 Å². The second-order valence-corrected chi connectivity index (χ2v) is 3.38. The number of fused-ring (bicyclic) bond motifs is 1. The first-order valence-electron chi connectivity index (χ1n) is 3.90. The van der Waals surface area contributed by atoms with Crippen LogP contribution in [0.1, 0.15) is 5.56 Å². The molecule has 0 aliphatic rings. The minimum Gasteiger partial charge on any atom is -0.389 e. The molecule has 0 unspecified atom stereocenters. The lowest BCUT2D eigenvalue weighted by molar-refractivity contribution is 0.780. The van der Waals surface area contributed by atoms with Crippen molar-refractivity contribution >= 4 is 28.1 Å². The Kier molecular flexibility index (Phi) is 1.77. The molecule has 0 saturated heterocycles. The topological polar surface area (TPSA) is 43.8 Å². The maximum absolute atomic E-state index is 5.52. The second-order valence-electron chi connectivity index (χ2n) is 2.94. The monoisotopic (exact) mass is 191 g/mol. The van der Waals surface area contributed by atoms with Gasteiger partial charge in [-0.1, -0.05) is 12.2 Å². The Bertz CT molecular complexity index is 473. The highest BCUT2D eigenvalue weighted by molar-refractivity contribution is 7.80. The summed E-state index contributed by atoms with van der Waals surface area (Å²) >= 11 is 4.88. The molecule has 4 heteroatoms. The van der Waals surface area contributed by atoms with Crippen molar-refractivity contribution in [3.05, 3.63) is 30.0 Å². The van der Waals surface area contributed by atoms with Crippen LogP contribution in [0.3, 0.4) is 0 Å². The van der Waals surface area contributed by atoms with Crippen LogP contribution >= 0.6 is 12.2 Å². The van der Waals surface area contributed by atoms with Gasteiger partial charge in [0.25, 0.3) is 0 Å². The third-order valence-corrected chi connectivity index (χ3v) is 2.14. The van der Waals surface area contributed by atoms with Crippen molar-refractivity contribution in [1.29, 1.82) is 0 Å². The smallest absolute Gasteiger partial charge is 0.104 e. The number of benzene rings is 1. The van der Waals surface area contributed by atoms with Crippen LogP contribution in [0.4, 0.5) is 0 Å². The lowest BCUT2D eigenvalue weighted by atomic mass is 10.2. The predicted octanol–water partition coefficient (Wildman–Crippen LogP) is 1.21. The van der Waals surface area contributed by atoms with Gasteiger partial charge in [0.05, 0.1) is 5.52 Å². The molecule has 0 atom stereocenters. The summed E-state index contributed by atoms with van der Waals surface area (Å²) < 4.78 is 1.77. The highest BCUT2D eigenvalue weighted by Crippen LogP contribution is 2.13. The standard InChI is InChI=1S/C9H9N3S/c1-12-5-7-4-6(9(10)13)2-3-8(7)11-12/h2-5H,1H3,(H2,10,13). The molecule has 0 aliphatic heterocycles. The molecule has 66 valence electrons. The second kappa shape index (κ2) is 2.81. The fraction of sp³-hybridized carbons (Fsp3) is 0.111. The number of thiocarbonyl (C=S) groups is 1. The molecule has 0 bridgehead atoms. The summed E-state index contributed by atoms with van der Waals surface area (Å²) in [5.74, 6) is 0. The SMILES string of the molecule is Cn1cc2cc(C(N)=S)ccc2n1. The zero-order valence-electron chi connectivity index (χ0n) is 7.19. The van der Waals surface area contributed by atoms with E-state index in [0.717, 1.165) is 16.5 Å². The summed E-state index contributed by atoms with van der Waals surface area (Å²) in [6, 6.07) is 5.76. The summed E-state index contributed by atoms with van der Waals surface area (Å²) in [6.45, 7) is 0. The van der Waals surface area contributed by atoms with E-state index in [-0.39, 0.29) is 0 Å². The summed E-state index contributed by atoms with van der Waals surface area (Å²) in [6.07, 6.45) is 1.94. The van der Waals surface area contributed by atoms with Gasteiger partial charge in [-0.2, -0.15) is 5.10 Å². The van der Waals surface area contributed by atoms with Crippen LogP contribution in [0.15, 0.2) is 24.4 Å². The maximum atomic E-state index is 5.52. The first-order chi connectivity index (χ1) is 6.16. The summed E-state index contributed by atoms with van der Waals surface area (Å²) in [5.41, 5.74) is 7.36. The molecule has 0 amide bonds. The van der Waals surface area contributed by atoms with E-state index in [1.165, 1.54) is 0 Å². The molecule has 2 N–H and O–H groups in total. The summed E-state index contributed by atoms with van der Waals surface area (Å²) in [7, 11) is 1.89. The van der Waals surface area contributed by atoms with Gasteiger partial charge in [-0.15, -0.1) is 0 Å². The van der Waals surface area contributed by atoms with Gasteiger partial charge < -0.3 is 5.73 Å². The highest BCUT2D eigenvalue weighted by atomic mass is 32.1. The zero-order chi connectivity index (χ0) is 9.42. The quantitative estimate of drug-likeness (QED) is 0.689. The Morgan fingerprint density at radius 2 is 2.31 bits per heavy atom. The van der Waals surface area contributed by atoms with Gasteiger partial charge in [-0.3, -0.25) is 4.68 Å². The van der Waals surface area contributed by atoms with Crippen molar-refractivity contribution in [1.82, 2.24) is 9.78 Å². The molecule has 2 rings (SSSR count). The molecule has 0 saturated carbocycles. The predicted molar refractivity (Wildman–Crippen MR) is 56.6 cm³/mol. The molecule has 3 nitrogen and oxygen atoms in total. The van der Waals surface area contributed by atoms with E-state index in [1.54, 1.807) is 4.68 Å². The maximum Gasteiger partial charge on any atom is 0.104 e. The average Bonchev–Trinajstić information content (AvgIpc) is 2.42. The number of aromatic nitrogens is 2. The first-order valence-corrected chi connectivity index (χ1v) is 4.31. The van der Waals surface area contributed by atoms with Gasteiger partial charge in [0.2, 0.25) is 0 Å². The molecule has 1 aromatic heterocycles. The van der Waals surface area contributed by atoms with Gasteiger partial charge in [-0.25, -0.2) is 0 Å². The third kappa shape index (κ3) is 1.40. The number of rotatable bonds is 1. The summed E-state index contributed by atoms with van der Waals surface area (Å²) in [5, 5.41) is 5.31. The Morgan fingerprint density at radius 1 is 1.54 bits per heavy atom. The van der Waals surface area contributed by atoms with E-state index in [9.17, 15) is 0 Å². The lowest BCUT2D eigenvalue weighted by Crippen LogP contribution is -2.08. The van der Waals surface area contributed by atoms with E-state index < -0.39 is 0 Å². The first kappa shape index (κ1) is 8.19. The molecule has 1 heterocycles. The van der Waals surface area contributed by atoms with Crippen LogP contribution in [0.25, 0.3) is 10.9 Å². The van der Waals surface area contributed by atoms with Crippen LogP contribution in [-0.4, -0.2) is 14.8 Å². The number of hydrogen-bond acceptors (Lipinski definition) is 2.